The van der Waals surface area contributed by atoms with Gasteiger partial charge in [-0.2, -0.15) is 4.31 Å². The summed E-state index contributed by atoms with van der Waals surface area (Å²) in [6.45, 7) is 2.71. The molecule has 0 radical (unpaired) electrons. The number of benzene rings is 1. The average Bonchev–Trinajstić information content (AvgIpc) is 2.76. The monoisotopic (exact) mass is 381 g/mol. The SMILES string of the molecule is CN(CC(=O)N1CCCNCC1)S(=O)(=O)c1ccc(Cl)cc1.Cl. The Labute approximate surface area is 148 Å². The lowest BCUT2D eigenvalue weighted by atomic mass is 10.4. The predicted molar refractivity (Wildman–Crippen MR) is 92.6 cm³/mol. The van der Waals surface area contributed by atoms with E-state index in [2.05, 4.69) is 5.32 Å². The Balaban J connectivity index is 0.00000264. The van der Waals surface area contributed by atoms with E-state index >= 15 is 0 Å². The molecule has 1 heterocycles. The van der Waals surface area contributed by atoms with Crippen LogP contribution in [0, 0.1) is 0 Å². The highest BCUT2D eigenvalue weighted by Crippen LogP contribution is 2.17. The first kappa shape index (κ1) is 20.2. The number of amides is 1. The van der Waals surface area contributed by atoms with Crippen molar-refractivity contribution in [1.82, 2.24) is 14.5 Å². The first-order valence-corrected chi connectivity index (χ1v) is 8.93. The molecule has 1 saturated heterocycles. The topological polar surface area (TPSA) is 69.7 Å². The molecule has 0 aliphatic carbocycles. The minimum atomic E-state index is -3.69. The predicted octanol–water partition coefficient (Wildman–Crippen LogP) is 1.20. The van der Waals surface area contributed by atoms with Crippen LogP contribution < -0.4 is 5.32 Å². The number of hydrogen-bond acceptors (Lipinski definition) is 4. The summed E-state index contributed by atoms with van der Waals surface area (Å²) in [4.78, 5) is 14.1. The number of nitrogens with one attached hydrogen (secondary N) is 1. The standard InChI is InChI=1S/C14H20ClN3O3S.ClH/c1-17(11-14(19)18-9-2-7-16-8-10-18)22(20,21)13-5-3-12(15)4-6-13;/h3-6,16H,2,7-11H2,1H3;1H. The summed E-state index contributed by atoms with van der Waals surface area (Å²) < 4.78 is 25.9. The zero-order valence-corrected chi connectivity index (χ0v) is 15.3. The lowest BCUT2D eigenvalue weighted by molar-refractivity contribution is -0.131. The first-order chi connectivity index (χ1) is 10.4. The highest BCUT2D eigenvalue weighted by molar-refractivity contribution is 7.89. The number of hydrogen-bond donors (Lipinski definition) is 1. The Morgan fingerprint density at radius 3 is 2.57 bits per heavy atom. The van der Waals surface area contributed by atoms with E-state index < -0.39 is 10.0 Å². The van der Waals surface area contributed by atoms with Crippen molar-refractivity contribution in [2.24, 2.45) is 0 Å². The Bertz CT molecular complexity index is 615. The molecule has 0 bridgehead atoms. The maximum absolute atomic E-state index is 12.4. The van der Waals surface area contributed by atoms with Crippen molar-refractivity contribution in [2.45, 2.75) is 11.3 Å². The van der Waals surface area contributed by atoms with Gasteiger partial charge >= 0.3 is 0 Å². The number of nitrogens with zero attached hydrogens (tertiary/aromatic N) is 2. The molecule has 2 rings (SSSR count). The van der Waals surface area contributed by atoms with Crippen LogP contribution in [0.2, 0.25) is 5.02 Å². The van der Waals surface area contributed by atoms with Crippen LogP contribution in [0.5, 0.6) is 0 Å². The number of carbonyl (C=O) groups is 1. The fourth-order valence-electron chi connectivity index (χ4n) is 2.26. The highest BCUT2D eigenvalue weighted by atomic mass is 35.5. The van der Waals surface area contributed by atoms with Gasteiger partial charge in [-0.25, -0.2) is 8.42 Å². The van der Waals surface area contributed by atoms with Gasteiger partial charge in [-0.05, 0) is 37.2 Å². The Kier molecular flexibility index (Phi) is 7.76. The molecule has 9 heteroatoms. The molecule has 1 aliphatic heterocycles. The zero-order chi connectivity index (χ0) is 16.2. The van der Waals surface area contributed by atoms with Gasteiger partial charge in [0.05, 0.1) is 11.4 Å². The van der Waals surface area contributed by atoms with E-state index in [0.717, 1.165) is 23.8 Å². The van der Waals surface area contributed by atoms with Crippen LogP contribution in [0.4, 0.5) is 0 Å². The highest BCUT2D eigenvalue weighted by Gasteiger charge is 2.25. The maximum Gasteiger partial charge on any atom is 0.243 e. The molecule has 0 spiro atoms. The second kappa shape index (κ2) is 8.84. The number of sulfonamides is 1. The van der Waals surface area contributed by atoms with E-state index in [1.54, 1.807) is 4.90 Å². The molecule has 0 unspecified atom stereocenters. The Morgan fingerprint density at radius 1 is 1.26 bits per heavy atom. The zero-order valence-electron chi connectivity index (χ0n) is 12.9. The maximum atomic E-state index is 12.4. The van der Waals surface area contributed by atoms with E-state index in [1.165, 1.54) is 31.3 Å². The minimum absolute atomic E-state index is 0. The largest absolute Gasteiger partial charge is 0.340 e. The average molecular weight is 382 g/mol. The van der Waals surface area contributed by atoms with Gasteiger partial charge < -0.3 is 10.2 Å². The summed E-state index contributed by atoms with van der Waals surface area (Å²) in [5.74, 6) is -0.177. The molecular weight excluding hydrogens is 361 g/mol. The third kappa shape index (κ3) is 5.32. The van der Waals surface area contributed by atoms with E-state index in [9.17, 15) is 13.2 Å². The van der Waals surface area contributed by atoms with Crippen molar-refractivity contribution in [3.63, 3.8) is 0 Å². The molecule has 1 aromatic rings. The number of halogens is 2. The molecule has 1 aromatic carbocycles. The smallest absolute Gasteiger partial charge is 0.243 e. The molecule has 1 fully saturated rings. The fourth-order valence-corrected chi connectivity index (χ4v) is 3.50. The van der Waals surface area contributed by atoms with Crippen molar-refractivity contribution in [2.75, 3.05) is 39.8 Å². The van der Waals surface area contributed by atoms with Crippen LogP contribution in [0.15, 0.2) is 29.2 Å². The molecule has 1 aliphatic rings. The molecule has 1 N–H and O–H groups in total. The van der Waals surface area contributed by atoms with Gasteiger partial charge in [-0.1, -0.05) is 11.6 Å². The van der Waals surface area contributed by atoms with Gasteiger partial charge in [-0.3, -0.25) is 4.79 Å². The summed E-state index contributed by atoms with van der Waals surface area (Å²) >= 11 is 5.77. The van der Waals surface area contributed by atoms with Gasteiger partial charge in [0.2, 0.25) is 15.9 Å². The first-order valence-electron chi connectivity index (χ1n) is 7.11. The summed E-state index contributed by atoms with van der Waals surface area (Å²) in [5, 5.41) is 3.68. The quantitative estimate of drug-likeness (QED) is 0.850. The normalized spacial score (nSPS) is 15.9. The van der Waals surface area contributed by atoms with Crippen LogP contribution in [-0.4, -0.2) is 63.3 Å². The van der Waals surface area contributed by atoms with Crippen LogP contribution in [0.1, 0.15) is 6.42 Å². The number of likely N-dealkylation sites (N-methyl/N-ethyl adjacent to an activating group) is 1. The minimum Gasteiger partial charge on any atom is -0.340 e. The van der Waals surface area contributed by atoms with Crippen molar-refractivity contribution >= 4 is 39.9 Å². The Morgan fingerprint density at radius 2 is 1.91 bits per heavy atom. The van der Waals surface area contributed by atoms with Gasteiger partial charge in [-0.15, -0.1) is 12.4 Å². The summed E-state index contributed by atoms with van der Waals surface area (Å²) in [7, 11) is -2.27. The third-order valence-electron chi connectivity index (χ3n) is 3.57. The van der Waals surface area contributed by atoms with E-state index in [4.69, 9.17) is 11.6 Å². The molecule has 0 aromatic heterocycles. The third-order valence-corrected chi connectivity index (χ3v) is 5.64. The lowest BCUT2D eigenvalue weighted by Crippen LogP contribution is -2.42. The van der Waals surface area contributed by atoms with E-state index in [1.807, 2.05) is 0 Å². The van der Waals surface area contributed by atoms with Gasteiger partial charge in [0.15, 0.2) is 0 Å². The van der Waals surface area contributed by atoms with Crippen LogP contribution in [0.3, 0.4) is 0 Å². The lowest BCUT2D eigenvalue weighted by Gasteiger charge is -2.23. The number of carbonyl (C=O) groups excluding carboxylic acids is 1. The van der Waals surface area contributed by atoms with Gasteiger partial charge in [0, 0.05) is 31.7 Å². The van der Waals surface area contributed by atoms with Crippen LogP contribution >= 0.6 is 24.0 Å². The fraction of sp³-hybridized carbons (Fsp3) is 0.500. The van der Waals surface area contributed by atoms with Crippen molar-refractivity contribution in [3.8, 4) is 0 Å². The molecule has 0 saturated carbocycles. The van der Waals surface area contributed by atoms with Crippen LogP contribution in [-0.2, 0) is 14.8 Å². The van der Waals surface area contributed by atoms with Gasteiger partial charge in [0.25, 0.3) is 0 Å². The Hall–Kier alpha value is -0.860. The summed E-state index contributed by atoms with van der Waals surface area (Å²) in [6.07, 6.45) is 0.874. The molecule has 0 atom stereocenters. The van der Waals surface area contributed by atoms with E-state index in [0.29, 0.717) is 18.1 Å². The van der Waals surface area contributed by atoms with Crippen molar-refractivity contribution in [1.29, 1.82) is 0 Å². The summed E-state index contributed by atoms with van der Waals surface area (Å²) in [6, 6.07) is 5.91. The molecule has 23 heavy (non-hydrogen) atoms. The van der Waals surface area contributed by atoms with E-state index in [-0.39, 0.29) is 29.8 Å². The van der Waals surface area contributed by atoms with Crippen molar-refractivity contribution in [3.05, 3.63) is 29.3 Å². The van der Waals surface area contributed by atoms with Crippen molar-refractivity contribution < 1.29 is 13.2 Å². The molecule has 6 nitrogen and oxygen atoms in total. The molecular formula is C14H21Cl2N3O3S. The molecule has 130 valence electrons. The van der Waals surface area contributed by atoms with Gasteiger partial charge in [0.1, 0.15) is 0 Å². The van der Waals surface area contributed by atoms with Crippen LogP contribution in [0.25, 0.3) is 0 Å². The number of rotatable bonds is 4. The second-order valence-electron chi connectivity index (χ2n) is 5.20. The summed E-state index contributed by atoms with van der Waals surface area (Å²) in [5.41, 5.74) is 0. The second-order valence-corrected chi connectivity index (χ2v) is 7.68. The molecule has 1 amide bonds.